The summed E-state index contributed by atoms with van der Waals surface area (Å²) >= 11 is 11.9. The van der Waals surface area contributed by atoms with E-state index in [0.29, 0.717) is 22.3 Å². The Morgan fingerprint density at radius 3 is 2.61 bits per heavy atom. The van der Waals surface area contributed by atoms with Crippen molar-refractivity contribution >= 4 is 34.8 Å². The molecule has 0 spiro atoms. The lowest BCUT2D eigenvalue weighted by atomic mass is 10.2. The Kier molecular flexibility index (Phi) is 6.31. The Labute approximate surface area is 146 Å². The molecular weight excluding hydrogens is 333 g/mol. The Morgan fingerprint density at radius 1 is 1.17 bits per heavy atom. The second-order valence-electron chi connectivity index (χ2n) is 5.25. The zero-order valence-corrected chi connectivity index (χ0v) is 14.7. The third-order valence-electron chi connectivity index (χ3n) is 3.31. The van der Waals surface area contributed by atoms with Crippen LogP contribution < -0.4 is 9.64 Å². The zero-order chi connectivity index (χ0) is 16.8. The molecule has 2 aromatic carbocycles. The van der Waals surface area contributed by atoms with Gasteiger partial charge < -0.3 is 9.64 Å². The van der Waals surface area contributed by atoms with E-state index in [1.54, 1.807) is 23.1 Å². The number of carbonyl (C=O) groups is 1. The summed E-state index contributed by atoms with van der Waals surface area (Å²) in [6.45, 7) is 4.60. The minimum absolute atomic E-state index is 0.0741. The molecule has 0 atom stereocenters. The number of carbonyl (C=O) groups excluding carboxylic acids is 1. The quantitative estimate of drug-likeness (QED) is 0.722. The number of ether oxygens (including phenoxy) is 1. The maximum atomic E-state index is 12.5. The standard InChI is InChI=1S/C18H19Cl2NO2/c1-3-9-21(15-6-4-5-13(2)10-15)18(22)12-23-17-8-7-14(19)11-16(17)20/h4-8,10-11H,3,9,12H2,1-2H3. The summed E-state index contributed by atoms with van der Waals surface area (Å²) < 4.78 is 5.55. The molecule has 0 bridgehead atoms. The molecule has 0 heterocycles. The number of amides is 1. The second-order valence-corrected chi connectivity index (χ2v) is 6.09. The lowest BCUT2D eigenvalue weighted by molar-refractivity contribution is -0.120. The van der Waals surface area contributed by atoms with Crippen molar-refractivity contribution in [2.75, 3.05) is 18.1 Å². The molecule has 0 aromatic heterocycles. The first-order valence-corrected chi connectivity index (χ1v) is 8.21. The number of halogens is 2. The summed E-state index contributed by atoms with van der Waals surface area (Å²) in [5.74, 6) is 0.341. The van der Waals surface area contributed by atoms with E-state index in [0.717, 1.165) is 17.7 Å². The van der Waals surface area contributed by atoms with Gasteiger partial charge in [-0.2, -0.15) is 0 Å². The van der Waals surface area contributed by atoms with Crippen molar-refractivity contribution in [3.63, 3.8) is 0 Å². The Morgan fingerprint density at radius 2 is 1.96 bits per heavy atom. The minimum atomic E-state index is -0.108. The average molecular weight is 352 g/mol. The largest absolute Gasteiger partial charge is 0.482 e. The predicted molar refractivity (Wildman–Crippen MR) is 95.8 cm³/mol. The molecule has 0 N–H and O–H groups in total. The molecule has 2 rings (SSSR count). The van der Waals surface area contributed by atoms with E-state index in [1.165, 1.54) is 0 Å². The van der Waals surface area contributed by atoms with Gasteiger partial charge in [-0.25, -0.2) is 0 Å². The van der Waals surface area contributed by atoms with Crippen molar-refractivity contribution in [2.45, 2.75) is 20.3 Å². The molecule has 0 radical (unpaired) electrons. The molecule has 122 valence electrons. The van der Waals surface area contributed by atoms with Crippen LogP contribution in [0, 0.1) is 6.92 Å². The van der Waals surface area contributed by atoms with E-state index >= 15 is 0 Å². The molecule has 0 saturated carbocycles. The Bertz CT molecular complexity index is 688. The van der Waals surface area contributed by atoms with Crippen LogP contribution in [-0.4, -0.2) is 19.1 Å². The van der Waals surface area contributed by atoms with Crippen molar-refractivity contribution in [3.05, 3.63) is 58.1 Å². The average Bonchev–Trinajstić information content (AvgIpc) is 2.51. The van der Waals surface area contributed by atoms with Crippen LogP contribution in [0.15, 0.2) is 42.5 Å². The van der Waals surface area contributed by atoms with Gasteiger partial charge in [-0.05, 0) is 49.2 Å². The first-order chi connectivity index (χ1) is 11.0. The van der Waals surface area contributed by atoms with Gasteiger partial charge in [-0.1, -0.05) is 42.3 Å². The first-order valence-electron chi connectivity index (χ1n) is 7.46. The third-order valence-corrected chi connectivity index (χ3v) is 3.84. The van der Waals surface area contributed by atoms with Crippen LogP contribution in [0.2, 0.25) is 10.0 Å². The molecule has 0 saturated heterocycles. The summed E-state index contributed by atoms with van der Waals surface area (Å²) in [7, 11) is 0. The number of benzene rings is 2. The predicted octanol–water partition coefficient (Wildman–Crippen LogP) is 5.12. The highest BCUT2D eigenvalue weighted by Gasteiger charge is 2.16. The van der Waals surface area contributed by atoms with Crippen LogP contribution in [0.5, 0.6) is 5.75 Å². The molecule has 5 heteroatoms. The molecule has 1 amide bonds. The summed E-state index contributed by atoms with van der Waals surface area (Å²) in [6, 6.07) is 12.8. The first kappa shape index (κ1) is 17.6. The van der Waals surface area contributed by atoms with Gasteiger partial charge in [0, 0.05) is 17.3 Å². The fraction of sp³-hybridized carbons (Fsp3) is 0.278. The van der Waals surface area contributed by atoms with Gasteiger partial charge in [0.25, 0.3) is 5.91 Å². The molecule has 3 nitrogen and oxygen atoms in total. The van der Waals surface area contributed by atoms with Gasteiger partial charge in [0.1, 0.15) is 5.75 Å². The summed E-state index contributed by atoms with van der Waals surface area (Å²) in [6.07, 6.45) is 0.862. The molecule has 0 fully saturated rings. The van der Waals surface area contributed by atoms with Crippen LogP contribution in [-0.2, 0) is 4.79 Å². The van der Waals surface area contributed by atoms with E-state index in [-0.39, 0.29) is 12.5 Å². The van der Waals surface area contributed by atoms with Gasteiger partial charge in [0.15, 0.2) is 6.61 Å². The Balaban J connectivity index is 2.09. The van der Waals surface area contributed by atoms with Gasteiger partial charge in [0.05, 0.1) is 5.02 Å². The van der Waals surface area contributed by atoms with Crippen LogP contribution >= 0.6 is 23.2 Å². The molecule has 2 aromatic rings. The number of hydrogen-bond acceptors (Lipinski definition) is 2. The normalized spacial score (nSPS) is 10.4. The molecular formula is C18H19Cl2NO2. The third kappa shape index (κ3) is 4.88. The summed E-state index contributed by atoms with van der Waals surface area (Å²) in [5.41, 5.74) is 1.99. The number of aryl methyl sites for hydroxylation is 1. The van der Waals surface area contributed by atoms with Gasteiger partial charge in [-0.3, -0.25) is 4.79 Å². The van der Waals surface area contributed by atoms with Crippen molar-refractivity contribution in [1.82, 2.24) is 0 Å². The fourth-order valence-corrected chi connectivity index (χ4v) is 2.69. The molecule has 0 aliphatic carbocycles. The monoisotopic (exact) mass is 351 g/mol. The highest BCUT2D eigenvalue weighted by atomic mass is 35.5. The molecule has 23 heavy (non-hydrogen) atoms. The summed E-state index contributed by atoms with van der Waals surface area (Å²) in [4.78, 5) is 14.3. The maximum absolute atomic E-state index is 12.5. The van der Waals surface area contributed by atoms with E-state index < -0.39 is 0 Å². The van der Waals surface area contributed by atoms with Gasteiger partial charge in [0.2, 0.25) is 0 Å². The number of rotatable bonds is 6. The smallest absolute Gasteiger partial charge is 0.264 e. The van der Waals surface area contributed by atoms with Gasteiger partial charge >= 0.3 is 0 Å². The van der Waals surface area contributed by atoms with Crippen molar-refractivity contribution < 1.29 is 9.53 Å². The van der Waals surface area contributed by atoms with E-state index in [4.69, 9.17) is 27.9 Å². The lowest BCUT2D eigenvalue weighted by Gasteiger charge is -2.23. The maximum Gasteiger partial charge on any atom is 0.264 e. The highest BCUT2D eigenvalue weighted by Crippen LogP contribution is 2.27. The van der Waals surface area contributed by atoms with Crippen molar-refractivity contribution in [1.29, 1.82) is 0 Å². The molecule has 0 aliphatic rings. The van der Waals surface area contributed by atoms with E-state index in [1.807, 2.05) is 38.1 Å². The van der Waals surface area contributed by atoms with Crippen LogP contribution in [0.1, 0.15) is 18.9 Å². The second kappa shape index (κ2) is 8.23. The summed E-state index contributed by atoms with van der Waals surface area (Å²) in [5, 5.41) is 0.920. The van der Waals surface area contributed by atoms with Gasteiger partial charge in [-0.15, -0.1) is 0 Å². The van der Waals surface area contributed by atoms with Crippen molar-refractivity contribution in [3.8, 4) is 5.75 Å². The number of hydrogen-bond donors (Lipinski definition) is 0. The number of anilines is 1. The molecule has 0 aliphatic heterocycles. The van der Waals surface area contributed by atoms with Crippen LogP contribution in [0.4, 0.5) is 5.69 Å². The Hall–Kier alpha value is -1.71. The van der Waals surface area contributed by atoms with Crippen molar-refractivity contribution in [2.24, 2.45) is 0 Å². The topological polar surface area (TPSA) is 29.5 Å². The van der Waals surface area contributed by atoms with Crippen LogP contribution in [0.3, 0.4) is 0 Å². The zero-order valence-electron chi connectivity index (χ0n) is 13.2. The minimum Gasteiger partial charge on any atom is -0.482 e. The number of nitrogens with zero attached hydrogens (tertiary/aromatic N) is 1. The lowest BCUT2D eigenvalue weighted by Crippen LogP contribution is -2.35. The molecule has 0 unspecified atom stereocenters. The van der Waals surface area contributed by atoms with Crippen LogP contribution in [0.25, 0.3) is 0 Å². The SMILES string of the molecule is CCCN(C(=O)COc1ccc(Cl)cc1Cl)c1cccc(C)c1. The highest BCUT2D eigenvalue weighted by molar-refractivity contribution is 6.35. The van der Waals surface area contributed by atoms with E-state index in [2.05, 4.69) is 0 Å². The fourth-order valence-electron chi connectivity index (χ4n) is 2.23. The van der Waals surface area contributed by atoms with E-state index in [9.17, 15) is 4.79 Å².